The highest BCUT2D eigenvalue weighted by molar-refractivity contribution is 8.00. The van der Waals surface area contributed by atoms with Gasteiger partial charge in [0.2, 0.25) is 5.91 Å². The number of amides is 2. The summed E-state index contributed by atoms with van der Waals surface area (Å²) >= 11 is 1.53. The molecular weight excluding hydrogens is 358 g/mol. The van der Waals surface area contributed by atoms with Gasteiger partial charge in [0.05, 0.1) is 45.2 Å². The van der Waals surface area contributed by atoms with Crippen molar-refractivity contribution in [2.45, 2.75) is 18.4 Å². The van der Waals surface area contributed by atoms with Gasteiger partial charge in [0.25, 0.3) is 5.91 Å². The Hall–Kier alpha value is -2.31. The van der Waals surface area contributed by atoms with Gasteiger partial charge in [0, 0.05) is 10.5 Å². The molecule has 0 bridgehead atoms. The number of carbonyl (C=O) groups is 2. The maximum absolute atomic E-state index is 12.6. The van der Waals surface area contributed by atoms with E-state index in [0.717, 1.165) is 28.3 Å². The van der Waals surface area contributed by atoms with Crippen molar-refractivity contribution < 1.29 is 14.5 Å². The minimum atomic E-state index is -0.0992. The second-order valence-corrected chi connectivity index (χ2v) is 8.11. The lowest BCUT2D eigenvalue weighted by molar-refractivity contribution is -0.856. The largest absolute Gasteiger partial charge is 0.346 e. The van der Waals surface area contributed by atoms with Crippen LogP contribution in [0.2, 0.25) is 0 Å². The lowest BCUT2D eigenvalue weighted by atomic mass is 10.1. The van der Waals surface area contributed by atoms with Gasteiger partial charge in [-0.25, -0.2) is 0 Å². The highest BCUT2D eigenvalue weighted by Gasteiger charge is 2.26. The van der Waals surface area contributed by atoms with E-state index in [1.54, 1.807) is 4.90 Å². The van der Waals surface area contributed by atoms with Gasteiger partial charge >= 0.3 is 0 Å². The summed E-state index contributed by atoms with van der Waals surface area (Å²) in [5.41, 5.74) is 3.69. The van der Waals surface area contributed by atoms with Crippen LogP contribution in [-0.4, -0.2) is 44.8 Å². The van der Waals surface area contributed by atoms with Crippen LogP contribution < -0.4 is 15.1 Å². The molecule has 0 saturated carbocycles. The molecule has 5 nitrogen and oxygen atoms in total. The molecule has 0 saturated heterocycles. The molecule has 0 spiro atoms. The second kappa shape index (κ2) is 8.59. The lowest BCUT2D eigenvalue weighted by Crippen LogP contribution is -3.06. The lowest BCUT2D eigenvalue weighted by Gasteiger charge is -2.30. The van der Waals surface area contributed by atoms with Crippen molar-refractivity contribution in [2.24, 2.45) is 0 Å². The molecule has 0 aliphatic carbocycles. The molecule has 0 aromatic heterocycles. The Morgan fingerprint density at radius 3 is 2.74 bits per heavy atom. The number of hydrogen-bond donors (Lipinski definition) is 2. The van der Waals surface area contributed by atoms with Gasteiger partial charge in [-0.2, -0.15) is 0 Å². The smallest absolute Gasteiger partial charge is 0.251 e. The molecule has 1 aliphatic heterocycles. The van der Waals surface area contributed by atoms with Crippen molar-refractivity contribution in [3.63, 3.8) is 0 Å². The molecule has 3 rings (SSSR count). The Balaban J connectivity index is 1.83. The van der Waals surface area contributed by atoms with Crippen molar-refractivity contribution in [1.29, 1.82) is 0 Å². The Bertz CT molecular complexity index is 851. The third-order valence-corrected chi connectivity index (χ3v) is 5.71. The number of quaternary nitrogens is 1. The molecule has 0 unspecified atom stereocenters. The number of benzene rings is 2. The van der Waals surface area contributed by atoms with E-state index in [0.29, 0.717) is 24.4 Å². The van der Waals surface area contributed by atoms with Gasteiger partial charge in [-0.3, -0.25) is 9.59 Å². The topological polar surface area (TPSA) is 53.9 Å². The summed E-state index contributed by atoms with van der Waals surface area (Å²) < 4.78 is 0. The van der Waals surface area contributed by atoms with Crippen LogP contribution in [0.25, 0.3) is 0 Å². The van der Waals surface area contributed by atoms with Gasteiger partial charge in [0.15, 0.2) is 0 Å². The Morgan fingerprint density at radius 1 is 1.22 bits per heavy atom. The zero-order chi connectivity index (χ0) is 19.4. The van der Waals surface area contributed by atoms with E-state index >= 15 is 0 Å². The average molecular weight is 385 g/mol. The summed E-state index contributed by atoms with van der Waals surface area (Å²) in [6.45, 7) is 4.06. The normalized spacial score (nSPS) is 13.6. The van der Waals surface area contributed by atoms with Crippen LogP contribution in [0.3, 0.4) is 0 Å². The molecule has 0 radical (unpaired) electrons. The number of likely N-dealkylation sites (N-methyl/N-ethyl adjacent to an activating group) is 1. The van der Waals surface area contributed by atoms with E-state index in [1.807, 2.05) is 36.4 Å². The van der Waals surface area contributed by atoms with Crippen LogP contribution >= 0.6 is 11.8 Å². The Labute approximate surface area is 164 Å². The summed E-state index contributed by atoms with van der Waals surface area (Å²) in [7, 11) is 4.11. The van der Waals surface area contributed by atoms with Gasteiger partial charge in [0.1, 0.15) is 0 Å². The molecular formula is C21H26N3O2S+. The molecule has 2 aromatic rings. The molecule has 2 amide bonds. The summed E-state index contributed by atoms with van der Waals surface area (Å²) in [6.07, 6.45) is 0. The maximum Gasteiger partial charge on any atom is 0.251 e. The van der Waals surface area contributed by atoms with Crippen molar-refractivity contribution >= 4 is 29.3 Å². The summed E-state index contributed by atoms with van der Waals surface area (Å²) in [6, 6.07) is 13.7. The quantitative estimate of drug-likeness (QED) is 0.794. The maximum atomic E-state index is 12.6. The predicted molar refractivity (Wildman–Crippen MR) is 110 cm³/mol. The van der Waals surface area contributed by atoms with Crippen LogP contribution in [0.5, 0.6) is 0 Å². The fourth-order valence-electron chi connectivity index (χ4n) is 3.00. The van der Waals surface area contributed by atoms with E-state index in [4.69, 9.17) is 0 Å². The van der Waals surface area contributed by atoms with E-state index in [1.165, 1.54) is 16.7 Å². The fraction of sp³-hybridized carbons (Fsp3) is 0.333. The number of aryl methyl sites for hydroxylation is 1. The van der Waals surface area contributed by atoms with Crippen molar-refractivity contribution in [1.82, 2.24) is 5.32 Å². The number of nitrogens with zero attached hydrogens (tertiary/aromatic N) is 1. The fourth-order valence-corrected chi connectivity index (χ4v) is 3.92. The van der Waals surface area contributed by atoms with Crippen LogP contribution in [0.4, 0.5) is 5.69 Å². The number of rotatable bonds is 6. The van der Waals surface area contributed by atoms with E-state index in [9.17, 15) is 9.59 Å². The van der Waals surface area contributed by atoms with Crippen LogP contribution in [0, 0.1) is 6.92 Å². The van der Waals surface area contributed by atoms with Crippen molar-refractivity contribution in [2.75, 3.05) is 37.8 Å². The minimum Gasteiger partial charge on any atom is -0.346 e. The van der Waals surface area contributed by atoms with E-state index < -0.39 is 0 Å². The van der Waals surface area contributed by atoms with Crippen LogP contribution in [0.15, 0.2) is 47.4 Å². The standard InChI is InChI=1S/C21H25N3O2S/c1-15-6-4-5-7-17(15)13-24-18-12-16(21(26)22-10-11-23(2)3)8-9-19(18)27-14-20(24)25/h4-9,12H,10-11,13-14H2,1-3H3,(H,22,26)/p+1. The molecule has 0 atom stereocenters. The molecule has 2 aromatic carbocycles. The zero-order valence-corrected chi connectivity index (χ0v) is 16.9. The van der Waals surface area contributed by atoms with Crippen LogP contribution in [0.1, 0.15) is 21.5 Å². The third-order valence-electron chi connectivity index (χ3n) is 4.66. The van der Waals surface area contributed by atoms with Gasteiger partial charge in [-0.05, 0) is 36.2 Å². The average Bonchev–Trinajstić information content (AvgIpc) is 2.65. The first-order valence-corrected chi connectivity index (χ1v) is 10.1. The first-order valence-electron chi connectivity index (χ1n) is 9.14. The first-order chi connectivity index (χ1) is 13.0. The molecule has 0 fully saturated rings. The molecule has 1 heterocycles. The number of thioether (sulfide) groups is 1. The second-order valence-electron chi connectivity index (χ2n) is 7.09. The number of carbonyl (C=O) groups excluding carboxylic acids is 2. The summed E-state index contributed by atoms with van der Waals surface area (Å²) in [5.74, 6) is 0.401. The number of anilines is 1. The van der Waals surface area contributed by atoms with Gasteiger partial charge in [-0.1, -0.05) is 24.3 Å². The monoisotopic (exact) mass is 384 g/mol. The highest BCUT2D eigenvalue weighted by Crippen LogP contribution is 2.37. The van der Waals surface area contributed by atoms with Crippen molar-refractivity contribution in [3.05, 3.63) is 59.2 Å². The Morgan fingerprint density at radius 2 is 2.00 bits per heavy atom. The first kappa shape index (κ1) is 19.5. The number of nitrogens with one attached hydrogen (secondary N) is 2. The van der Waals surface area contributed by atoms with Gasteiger partial charge in [-0.15, -0.1) is 11.8 Å². The predicted octanol–water partition coefficient (Wildman–Crippen LogP) is 1.51. The van der Waals surface area contributed by atoms with Crippen LogP contribution in [-0.2, 0) is 11.3 Å². The van der Waals surface area contributed by atoms with Gasteiger partial charge < -0.3 is 15.1 Å². The molecule has 142 valence electrons. The van der Waals surface area contributed by atoms with E-state index in [2.05, 4.69) is 32.4 Å². The summed E-state index contributed by atoms with van der Waals surface area (Å²) in [4.78, 5) is 29.2. The Kier molecular flexibility index (Phi) is 6.19. The highest BCUT2D eigenvalue weighted by atomic mass is 32.2. The SMILES string of the molecule is Cc1ccccc1CN1C(=O)CSc2ccc(C(=O)NCC[NH+](C)C)cc21. The third kappa shape index (κ3) is 4.70. The molecule has 2 N–H and O–H groups in total. The number of fused-ring (bicyclic) bond motifs is 1. The number of hydrogen-bond acceptors (Lipinski definition) is 3. The van der Waals surface area contributed by atoms with Crippen molar-refractivity contribution in [3.8, 4) is 0 Å². The van der Waals surface area contributed by atoms with E-state index in [-0.39, 0.29) is 11.8 Å². The minimum absolute atomic E-state index is 0.0736. The molecule has 6 heteroatoms. The summed E-state index contributed by atoms with van der Waals surface area (Å²) in [5, 5.41) is 2.95. The zero-order valence-electron chi connectivity index (χ0n) is 16.0. The molecule has 27 heavy (non-hydrogen) atoms. The molecule has 1 aliphatic rings.